The lowest BCUT2D eigenvalue weighted by Gasteiger charge is -2.19. The first-order valence-electron chi connectivity index (χ1n) is 10.6. The van der Waals surface area contributed by atoms with E-state index in [2.05, 4.69) is 0 Å². The molecule has 2 rings (SSSR count). The summed E-state index contributed by atoms with van der Waals surface area (Å²) in [6.07, 6.45) is -10.3. The zero-order valence-corrected chi connectivity index (χ0v) is 22.7. The Balaban J connectivity index is 2.53. The first-order chi connectivity index (χ1) is 16.7. The van der Waals surface area contributed by atoms with Gasteiger partial charge in [-0.1, -0.05) is 53.9 Å². The Bertz CT molecular complexity index is 1230. The summed E-state index contributed by atoms with van der Waals surface area (Å²) in [5.41, 5.74) is -3.66. The maximum atomic E-state index is 15.0. The van der Waals surface area contributed by atoms with E-state index in [-0.39, 0.29) is 39.8 Å². The van der Waals surface area contributed by atoms with Gasteiger partial charge in [-0.2, -0.15) is 26.3 Å². The number of ketones is 1. The molecule has 2 nitrogen and oxygen atoms in total. The van der Waals surface area contributed by atoms with Gasteiger partial charge < -0.3 is 4.57 Å². The summed E-state index contributed by atoms with van der Waals surface area (Å²) in [4.78, 5) is 12.6. The number of carbonyl (C=O) groups is 1. The van der Waals surface area contributed by atoms with Crippen molar-refractivity contribution in [2.45, 2.75) is 31.6 Å². The van der Waals surface area contributed by atoms with Crippen molar-refractivity contribution in [1.82, 2.24) is 0 Å². The molecule has 0 saturated heterocycles. The normalized spacial score (nSPS) is 15.0. The molecule has 0 aromatic heterocycles. The smallest absolute Gasteiger partial charge is 0.324 e. The number of hydrogen-bond donors (Lipinski definition) is 0. The van der Waals surface area contributed by atoms with E-state index in [9.17, 15) is 40.1 Å². The fraction of sp³-hybridized carbons (Fsp3) is 0.375. The Morgan fingerprint density at radius 2 is 1.54 bits per heavy atom. The molecule has 0 heterocycles. The lowest BCUT2D eigenvalue weighted by Crippen LogP contribution is -2.19. The lowest BCUT2D eigenvalue weighted by atomic mass is 9.93. The highest BCUT2D eigenvalue weighted by atomic mass is 35.5. The number of hydrogen-bond acceptors (Lipinski definition) is 2. The van der Waals surface area contributed by atoms with Gasteiger partial charge in [0.15, 0.2) is 5.78 Å². The summed E-state index contributed by atoms with van der Waals surface area (Å²) in [5, 5.41) is -0.875. The van der Waals surface area contributed by atoms with Gasteiger partial charge in [-0.3, -0.25) is 4.79 Å². The fourth-order valence-corrected chi connectivity index (χ4v) is 6.03. The minimum atomic E-state index is -5.10. The van der Waals surface area contributed by atoms with Crippen LogP contribution in [0.4, 0.5) is 30.7 Å². The SMILES string of the molecule is C[C@@H](CC(=O)c1ccc(/C(F)=C/C(c2cc(Cl)c(Cl)c(Cl)c2)C(F)(F)F)cc1C(F)(F)F)CP(C)(C)=O. The largest absolute Gasteiger partial charge is 0.417 e. The molecule has 0 spiro atoms. The molecule has 0 aliphatic heterocycles. The number of allylic oxidation sites excluding steroid dienone is 1. The fourth-order valence-electron chi connectivity index (χ4n) is 3.79. The van der Waals surface area contributed by atoms with Gasteiger partial charge in [0.25, 0.3) is 0 Å². The number of alkyl halides is 6. The Hall–Kier alpha value is -1.54. The minimum absolute atomic E-state index is 0.0922. The monoisotopic (exact) mass is 610 g/mol. The van der Waals surface area contributed by atoms with E-state index in [4.69, 9.17) is 34.8 Å². The summed E-state index contributed by atoms with van der Waals surface area (Å²) in [6, 6.07) is 3.44. The molecule has 0 aliphatic rings. The van der Waals surface area contributed by atoms with E-state index in [1.54, 1.807) is 6.92 Å². The molecule has 13 heteroatoms. The topological polar surface area (TPSA) is 34.1 Å². The molecule has 37 heavy (non-hydrogen) atoms. The van der Waals surface area contributed by atoms with E-state index < -0.39 is 65.2 Å². The predicted molar refractivity (Wildman–Crippen MR) is 133 cm³/mol. The molecule has 0 amide bonds. The van der Waals surface area contributed by atoms with Gasteiger partial charge in [-0.05, 0) is 49.1 Å². The number of rotatable bonds is 8. The maximum absolute atomic E-state index is 15.0. The highest BCUT2D eigenvalue weighted by molar-refractivity contribution is 7.62. The van der Waals surface area contributed by atoms with Crippen molar-refractivity contribution in [2.75, 3.05) is 19.5 Å². The molecule has 0 bridgehead atoms. The first-order valence-corrected chi connectivity index (χ1v) is 14.5. The van der Waals surface area contributed by atoms with Crippen LogP contribution in [0.2, 0.25) is 15.1 Å². The van der Waals surface area contributed by atoms with Crippen molar-refractivity contribution >= 4 is 53.6 Å². The second-order valence-corrected chi connectivity index (χ2v) is 13.8. The van der Waals surface area contributed by atoms with Gasteiger partial charge in [0.1, 0.15) is 11.7 Å². The van der Waals surface area contributed by atoms with Crippen molar-refractivity contribution in [3.8, 4) is 0 Å². The zero-order chi connectivity index (χ0) is 28.5. The molecule has 204 valence electrons. The van der Waals surface area contributed by atoms with Crippen molar-refractivity contribution in [3.63, 3.8) is 0 Å². The molecule has 1 unspecified atom stereocenters. The number of halogens is 10. The molecule has 0 saturated carbocycles. The van der Waals surface area contributed by atoms with E-state index in [1.165, 1.54) is 13.3 Å². The van der Waals surface area contributed by atoms with Crippen LogP contribution in [0.15, 0.2) is 36.4 Å². The van der Waals surface area contributed by atoms with Crippen molar-refractivity contribution < 1.29 is 40.1 Å². The minimum Gasteiger partial charge on any atom is -0.324 e. The van der Waals surface area contributed by atoms with Gasteiger partial charge in [0.2, 0.25) is 0 Å². The zero-order valence-electron chi connectivity index (χ0n) is 19.6. The molecule has 0 fully saturated rings. The quantitative estimate of drug-likeness (QED) is 0.129. The molecule has 2 aromatic carbocycles. The number of carbonyl (C=O) groups excluding carboxylic acids is 1. The average molecular weight is 612 g/mol. The summed E-state index contributed by atoms with van der Waals surface area (Å²) in [5.74, 6) is -5.63. The molecule has 2 aromatic rings. The van der Waals surface area contributed by atoms with Crippen molar-refractivity contribution in [3.05, 3.63) is 73.7 Å². The summed E-state index contributed by atoms with van der Waals surface area (Å²) < 4.78 is 109. The van der Waals surface area contributed by atoms with Crippen LogP contribution in [0, 0.1) is 5.92 Å². The van der Waals surface area contributed by atoms with Crippen LogP contribution >= 0.6 is 41.9 Å². The third-order valence-electron chi connectivity index (χ3n) is 5.22. The van der Waals surface area contributed by atoms with Gasteiger partial charge >= 0.3 is 12.4 Å². The van der Waals surface area contributed by atoms with Gasteiger partial charge in [0, 0.05) is 23.7 Å². The number of Topliss-reactive ketones (excluding diaryl/α,β-unsaturated/α-hetero) is 1. The van der Waals surface area contributed by atoms with Crippen LogP contribution in [0.3, 0.4) is 0 Å². The third kappa shape index (κ3) is 8.74. The van der Waals surface area contributed by atoms with Crippen molar-refractivity contribution in [1.29, 1.82) is 0 Å². The lowest BCUT2D eigenvalue weighted by molar-refractivity contribution is -0.140. The molecular formula is C24H21Cl3F7O2P. The highest BCUT2D eigenvalue weighted by Crippen LogP contribution is 2.43. The van der Waals surface area contributed by atoms with Crippen LogP contribution in [0.25, 0.3) is 5.83 Å². The first kappa shape index (κ1) is 31.7. The second-order valence-electron chi connectivity index (χ2n) is 9.08. The van der Waals surface area contributed by atoms with Crippen LogP contribution in [-0.4, -0.2) is 31.5 Å². The summed E-state index contributed by atoms with van der Waals surface area (Å²) in [7, 11) is -2.54. The maximum Gasteiger partial charge on any atom is 0.417 e. The Morgan fingerprint density at radius 1 is 1.00 bits per heavy atom. The van der Waals surface area contributed by atoms with Gasteiger partial charge in [0.05, 0.1) is 27.8 Å². The van der Waals surface area contributed by atoms with Crippen LogP contribution in [0.5, 0.6) is 0 Å². The van der Waals surface area contributed by atoms with E-state index in [0.717, 1.165) is 24.3 Å². The van der Waals surface area contributed by atoms with Crippen molar-refractivity contribution in [2.24, 2.45) is 5.92 Å². The molecule has 0 radical (unpaired) electrons. The Labute approximate surface area is 224 Å². The molecule has 0 aliphatic carbocycles. The molecular weight excluding hydrogens is 591 g/mol. The van der Waals surface area contributed by atoms with Gasteiger partial charge in [-0.15, -0.1) is 0 Å². The molecule has 0 N–H and O–H groups in total. The summed E-state index contributed by atoms with van der Waals surface area (Å²) in [6.45, 7) is 4.53. The van der Waals surface area contributed by atoms with Gasteiger partial charge in [-0.25, -0.2) is 4.39 Å². The van der Waals surface area contributed by atoms with Crippen LogP contribution in [0.1, 0.15) is 46.3 Å². The average Bonchev–Trinajstić information content (AvgIpc) is 2.72. The predicted octanol–water partition coefficient (Wildman–Crippen LogP) is 10.2. The van der Waals surface area contributed by atoms with E-state index >= 15 is 0 Å². The van der Waals surface area contributed by atoms with E-state index in [1.807, 2.05) is 0 Å². The Kier molecular flexibility index (Phi) is 10.0. The summed E-state index contributed by atoms with van der Waals surface area (Å²) >= 11 is 17.3. The van der Waals surface area contributed by atoms with E-state index in [0.29, 0.717) is 0 Å². The van der Waals surface area contributed by atoms with Crippen LogP contribution < -0.4 is 0 Å². The third-order valence-corrected chi connectivity index (χ3v) is 7.92. The number of benzene rings is 2. The standard InChI is InChI=1S/C24H21Cl3F7O2P/c1-12(11-37(2,3)36)6-21(35)15-5-4-13(7-17(15)24(32,33)34)20(28)10-16(23(29,30)31)14-8-18(25)22(27)19(26)9-14/h4-5,7-10,12,16H,6,11H2,1-3H3/b20-10-/t12-,16?/m0/s1. The second kappa shape index (κ2) is 11.7. The Morgan fingerprint density at radius 3 is 2.00 bits per heavy atom. The molecule has 2 atom stereocenters. The highest BCUT2D eigenvalue weighted by Gasteiger charge is 2.41. The van der Waals surface area contributed by atoms with Crippen LogP contribution in [-0.2, 0) is 10.7 Å².